The van der Waals surface area contributed by atoms with Crippen molar-refractivity contribution in [1.29, 1.82) is 0 Å². The van der Waals surface area contributed by atoms with Crippen molar-refractivity contribution in [3.05, 3.63) is 101 Å². The van der Waals surface area contributed by atoms with E-state index in [2.05, 4.69) is 25.6 Å². The van der Waals surface area contributed by atoms with E-state index in [0.717, 1.165) is 27.5 Å². The molecule has 0 aliphatic rings. The summed E-state index contributed by atoms with van der Waals surface area (Å²) in [6.07, 6.45) is 1.16. The number of aromatic nitrogens is 1. The average molecular weight is 986 g/mol. The van der Waals surface area contributed by atoms with Gasteiger partial charge in [0.2, 0.25) is 11.8 Å². The zero-order valence-corrected chi connectivity index (χ0v) is 42.2. The van der Waals surface area contributed by atoms with Crippen molar-refractivity contribution in [1.82, 2.24) is 15.6 Å². The van der Waals surface area contributed by atoms with Crippen molar-refractivity contribution in [2.45, 2.75) is 78.5 Å². The molecule has 3 amide bonds. The summed E-state index contributed by atoms with van der Waals surface area (Å²) < 4.78 is 44.2. The molecule has 0 aliphatic heterocycles. The van der Waals surface area contributed by atoms with Gasteiger partial charge >= 0.3 is 12.1 Å². The molecule has 71 heavy (non-hydrogen) atoms. The molecule has 0 saturated carbocycles. The van der Waals surface area contributed by atoms with E-state index in [1.54, 1.807) is 33.0 Å². The zero-order valence-electron chi connectivity index (χ0n) is 42.2. The fourth-order valence-electron chi connectivity index (χ4n) is 7.11. The number of carbonyl (C=O) groups excluding carboxylic acids is 4. The molecular weight excluding hydrogens is 915 g/mol. The normalized spacial score (nSPS) is 12.2. The summed E-state index contributed by atoms with van der Waals surface area (Å²) in [5, 5.41) is 11.2. The predicted molar refractivity (Wildman–Crippen MR) is 269 cm³/mol. The number of amides is 3. The first kappa shape index (κ1) is 57.2. The Morgan fingerprint density at radius 1 is 0.789 bits per heavy atom. The maximum absolute atomic E-state index is 14.0. The second-order valence-corrected chi connectivity index (χ2v) is 17.7. The molecule has 0 radical (unpaired) electrons. The third-order valence-electron chi connectivity index (χ3n) is 10.6. The molecular formula is C52H71N7O12. The monoisotopic (exact) mass is 986 g/mol. The molecule has 0 unspecified atom stereocenters. The Labute approximate surface area is 416 Å². The predicted octanol–water partition coefficient (Wildman–Crippen LogP) is 8.07. The average Bonchev–Trinajstić information content (AvgIpc) is 3.33. The Morgan fingerprint density at radius 2 is 1.44 bits per heavy atom. The Bertz CT molecular complexity index is 2320. The Morgan fingerprint density at radius 3 is 2.06 bits per heavy atom. The van der Waals surface area contributed by atoms with E-state index in [9.17, 15) is 19.2 Å². The van der Waals surface area contributed by atoms with E-state index in [-0.39, 0.29) is 50.8 Å². The van der Waals surface area contributed by atoms with Crippen LogP contribution in [0.1, 0.15) is 71.0 Å². The van der Waals surface area contributed by atoms with Crippen LogP contribution in [0.25, 0.3) is 32.3 Å². The maximum atomic E-state index is 14.0. The second-order valence-electron chi connectivity index (χ2n) is 17.7. The van der Waals surface area contributed by atoms with Crippen LogP contribution >= 0.6 is 0 Å². The van der Waals surface area contributed by atoms with E-state index < -0.39 is 35.7 Å². The summed E-state index contributed by atoms with van der Waals surface area (Å²) in [7, 11) is 1.51. The van der Waals surface area contributed by atoms with Crippen LogP contribution in [0.4, 0.5) is 10.6 Å². The molecule has 0 bridgehead atoms. The number of hydrogen-bond acceptors (Lipinski definition) is 14. The third-order valence-corrected chi connectivity index (χ3v) is 10.6. The minimum atomic E-state index is -0.931. The van der Waals surface area contributed by atoms with Gasteiger partial charge in [0, 0.05) is 43.1 Å². The lowest BCUT2D eigenvalue weighted by atomic mass is 9.94. The third kappa shape index (κ3) is 20.9. The van der Waals surface area contributed by atoms with Crippen LogP contribution in [0.2, 0.25) is 0 Å². The zero-order chi connectivity index (χ0) is 51.4. The summed E-state index contributed by atoms with van der Waals surface area (Å²) in [5.74, 6) is -0.556. The Kier molecular flexibility index (Phi) is 25.1. The van der Waals surface area contributed by atoms with Gasteiger partial charge in [-0.3, -0.25) is 19.3 Å². The molecule has 1 aromatic heterocycles. The van der Waals surface area contributed by atoms with E-state index in [1.165, 1.54) is 12.0 Å². The van der Waals surface area contributed by atoms with Crippen LogP contribution < -0.4 is 20.3 Å². The Balaban J connectivity index is 1.36. The minimum absolute atomic E-state index is 0.0192. The van der Waals surface area contributed by atoms with Gasteiger partial charge < -0.3 is 48.5 Å². The molecule has 4 rings (SSSR count). The molecule has 3 aromatic carbocycles. The summed E-state index contributed by atoms with van der Waals surface area (Å²) >= 11 is 0. The van der Waals surface area contributed by atoms with Gasteiger partial charge in [0.05, 0.1) is 71.9 Å². The summed E-state index contributed by atoms with van der Waals surface area (Å²) in [5.41, 5.74) is 11.0. The molecule has 19 nitrogen and oxygen atoms in total. The number of azide groups is 1. The molecule has 0 saturated heterocycles. The first-order chi connectivity index (χ1) is 34.2. The fraction of sp³-hybridized carbons (Fsp3) is 0.519. The van der Waals surface area contributed by atoms with Gasteiger partial charge in [0.1, 0.15) is 36.4 Å². The number of fused-ring (bicyclic) bond motifs is 1. The molecule has 1 heterocycles. The van der Waals surface area contributed by atoms with Gasteiger partial charge in [-0.1, -0.05) is 73.6 Å². The number of carbonyl (C=O) groups is 4. The van der Waals surface area contributed by atoms with Gasteiger partial charge in [0.25, 0.3) is 0 Å². The number of anilines is 1. The summed E-state index contributed by atoms with van der Waals surface area (Å²) in [4.78, 5) is 62.2. The number of aryl methyl sites for hydroxylation is 1. The van der Waals surface area contributed by atoms with Crippen LogP contribution in [-0.4, -0.2) is 133 Å². The van der Waals surface area contributed by atoms with Crippen molar-refractivity contribution in [2.75, 3.05) is 97.8 Å². The van der Waals surface area contributed by atoms with Crippen LogP contribution in [0.3, 0.4) is 0 Å². The number of methoxy groups -OCH3 is 1. The number of nitrogens with zero attached hydrogens (tertiary/aromatic N) is 5. The first-order valence-corrected chi connectivity index (χ1v) is 23.9. The number of nitrogens with one attached hydrogen (secondary N) is 2. The quantitative estimate of drug-likeness (QED) is 0.0155. The SMILES string of the molecule is COCCOC(=O)C[C@H](NC(=O)[C@H](NC(=O)CCCN(C(=O)OC(C)(C)C)c1cc(C)ccn1)C(C)C)c1ccc(-c2ccc(OCCOCCOCCOCCOCCN=[N+]=[N-])c3ccccc23)cc1. The minimum Gasteiger partial charge on any atom is -0.491 e. The second kappa shape index (κ2) is 31.1. The highest BCUT2D eigenvalue weighted by Crippen LogP contribution is 2.35. The highest BCUT2D eigenvalue weighted by molar-refractivity contribution is 6.00. The number of esters is 1. The first-order valence-electron chi connectivity index (χ1n) is 23.9. The number of pyridine rings is 1. The highest BCUT2D eigenvalue weighted by Gasteiger charge is 2.29. The molecule has 2 N–H and O–H groups in total. The largest absolute Gasteiger partial charge is 0.491 e. The van der Waals surface area contributed by atoms with Crippen LogP contribution in [0.5, 0.6) is 5.75 Å². The molecule has 0 aliphatic carbocycles. The number of ether oxygens (including phenoxy) is 8. The van der Waals surface area contributed by atoms with Crippen LogP contribution in [0, 0.1) is 12.8 Å². The van der Waals surface area contributed by atoms with E-state index in [1.807, 2.05) is 87.5 Å². The van der Waals surface area contributed by atoms with Crippen molar-refractivity contribution in [3.63, 3.8) is 0 Å². The highest BCUT2D eigenvalue weighted by atomic mass is 16.6. The number of rotatable bonds is 32. The lowest BCUT2D eigenvalue weighted by molar-refractivity contribution is -0.145. The topological polar surface area (TPSA) is 231 Å². The number of benzene rings is 3. The standard InChI is InChI=1S/C52H71N7O12/c1-37(2)49(57-47(60)13-10-23-59(51(63)71-52(4,5)6)46-35-38(3)20-21-54-46)50(62)56-44(36-48(61)70-33-25-64-7)40-16-14-39(15-17-40)41-18-19-45(43-12-9-8-11-42(41)43)69-34-32-68-31-30-67-29-28-66-27-26-65-24-22-55-58-53/h8-9,11-12,14-21,35,37,44,49H,10,13,22-34,36H2,1-7H3,(H,56,62)(H,57,60)/t44-,49+/m0/s1. The molecule has 0 spiro atoms. The lowest BCUT2D eigenvalue weighted by Crippen LogP contribution is -2.50. The van der Waals surface area contributed by atoms with Crippen molar-refractivity contribution >= 4 is 40.5 Å². The van der Waals surface area contributed by atoms with Gasteiger partial charge in [-0.25, -0.2) is 9.78 Å². The molecule has 2 atom stereocenters. The van der Waals surface area contributed by atoms with Crippen molar-refractivity contribution in [3.8, 4) is 16.9 Å². The van der Waals surface area contributed by atoms with Crippen LogP contribution in [-0.2, 0) is 47.5 Å². The van der Waals surface area contributed by atoms with E-state index in [0.29, 0.717) is 83.1 Å². The smallest absolute Gasteiger partial charge is 0.416 e. The van der Waals surface area contributed by atoms with Crippen LogP contribution in [0.15, 0.2) is 84.1 Å². The van der Waals surface area contributed by atoms with Gasteiger partial charge in [0.15, 0.2) is 0 Å². The molecule has 386 valence electrons. The maximum Gasteiger partial charge on any atom is 0.416 e. The summed E-state index contributed by atoms with van der Waals surface area (Å²) in [6.45, 7) is 15.2. The molecule has 4 aromatic rings. The van der Waals surface area contributed by atoms with E-state index >= 15 is 0 Å². The molecule has 19 heteroatoms. The van der Waals surface area contributed by atoms with Gasteiger partial charge in [-0.2, -0.15) is 0 Å². The van der Waals surface area contributed by atoms with Gasteiger partial charge in [-0.15, -0.1) is 0 Å². The Hall–Kier alpha value is -6.34. The fourth-order valence-corrected chi connectivity index (χ4v) is 7.11. The lowest BCUT2D eigenvalue weighted by Gasteiger charge is -2.27. The van der Waals surface area contributed by atoms with E-state index in [4.69, 9.17) is 43.4 Å². The van der Waals surface area contributed by atoms with Gasteiger partial charge in [-0.05, 0) is 91.4 Å². The number of hydrogen-bond donors (Lipinski definition) is 2. The van der Waals surface area contributed by atoms with Crippen molar-refractivity contribution in [2.24, 2.45) is 11.0 Å². The summed E-state index contributed by atoms with van der Waals surface area (Å²) in [6, 6.07) is 21.4. The van der Waals surface area contributed by atoms with Crippen molar-refractivity contribution < 1.29 is 57.1 Å². The molecule has 0 fully saturated rings.